The van der Waals surface area contributed by atoms with Crippen LogP contribution in [-0.4, -0.2) is 12.3 Å². The number of allylic oxidation sites excluding steroid dienone is 1. The highest BCUT2D eigenvalue weighted by Gasteiger charge is 2.19. The van der Waals surface area contributed by atoms with Gasteiger partial charge >= 0.3 is 0 Å². The average Bonchev–Trinajstić information content (AvgIpc) is 2.57. The van der Waals surface area contributed by atoms with Gasteiger partial charge in [0, 0.05) is 12.1 Å². The highest BCUT2D eigenvalue weighted by molar-refractivity contribution is 6.16. The molecular formula is C21H23N. The SMILES string of the molecule is CCCCN=C1/C(=C/c2ccccc2)CCc2ccccc21. The van der Waals surface area contributed by atoms with Crippen molar-refractivity contribution in [1.82, 2.24) is 0 Å². The van der Waals surface area contributed by atoms with E-state index in [0.717, 1.165) is 25.8 Å². The van der Waals surface area contributed by atoms with Crippen molar-refractivity contribution in [2.45, 2.75) is 32.6 Å². The summed E-state index contributed by atoms with van der Waals surface area (Å²) in [4.78, 5) is 4.94. The minimum Gasteiger partial charge on any atom is -0.284 e. The summed E-state index contributed by atoms with van der Waals surface area (Å²) in [7, 11) is 0. The molecule has 22 heavy (non-hydrogen) atoms. The van der Waals surface area contributed by atoms with Crippen molar-refractivity contribution in [3.8, 4) is 0 Å². The van der Waals surface area contributed by atoms with E-state index in [1.165, 1.54) is 34.4 Å². The summed E-state index contributed by atoms with van der Waals surface area (Å²) in [6.45, 7) is 3.14. The summed E-state index contributed by atoms with van der Waals surface area (Å²) >= 11 is 0. The standard InChI is InChI=1S/C21H23N/c1-2-3-15-22-21-19(16-17-9-5-4-6-10-17)14-13-18-11-7-8-12-20(18)21/h4-12,16H,2-3,13-15H2,1H3/b19-16+,22-21?. The second-order valence-corrected chi connectivity index (χ2v) is 5.82. The normalized spacial score (nSPS) is 17.7. The molecule has 0 saturated carbocycles. The van der Waals surface area contributed by atoms with Crippen LogP contribution in [0.1, 0.15) is 42.9 Å². The van der Waals surface area contributed by atoms with Crippen molar-refractivity contribution in [3.63, 3.8) is 0 Å². The number of nitrogens with zero attached hydrogens (tertiary/aromatic N) is 1. The molecule has 1 nitrogen and oxygen atoms in total. The molecule has 1 heteroatoms. The van der Waals surface area contributed by atoms with Crippen LogP contribution >= 0.6 is 0 Å². The van der Waals surface area contributed by atoms with Crippen molar-refractivity contribution in [2.75, 3.05) is 6.54 Å². The van der Waals surface area contributed by atoms with Crippen LogP contribution in [0.15, 0.2) is 65.2 Å². The van der Waals surface area contributed by atoms with Gasteiger partial charge < -0.3 is 0 Å². The van der Waals surface area contributed by atoms with Crippen LogP contribution in [0.3, 0.4) is 0 Å². The molecule has 0 atom stereocenters. The molecule has 0 unspecified atom stereocenters. The van der Waals surface area contributed by atoms with Gasteiger partial charge in [-0.2, -0.15) is 0 Å². The molecule has 0 N–H and O–H groups in total. The highest BCUT2D eigenvalue weighted by atomic mass is 14.7. The van der Waals surface area contributed by atoms with E-state index in [9.17, 15) is 0 Å². The second kappa shape index (κ2) is 7.22. The third-order valence-electron chi connectivity index (χ3n) is 4.16. The highest BCUT2D eigenvalue weighted by Crippen LogP contribution is 2.27. The van der Waals surface area contributed by atoms with E-state index in [-0.39, 0.29) is 0 Å². The zero-order valence-corrected chi connectivity index (χ0v) is 13.3. The van der Waals surface area contributed by atoms with Gasteiger partial charge in [0.2, 0.25) is 0 Å². The molecule has 0 fully saturated rings. The number of unbranched alkanes of at least 4 members (excludes halogenated alkanes) is 1. The topological polar surface area (TPSA) is 12.4 Å². The van der Waals surface area contributed by atoms with Gasteiger partial charge in [-0.1, -0.05) is 67.9 Å². The van der Waals surface area contributed by atoms with E-state index in [1.807, 2.05) is 0 Å². The maximum atomic E-state index is 4.94. The number of hydrogen-bond donors (Lipinski definition) is 0. The lowest BCUT2D eigenvalue weighted by atomic mass is 9.85. The lowest BCUT2D eigenvalue weighted by Gasteiger charge is -2.21. The first-order valence-corrected chi connectivity index (χ1v) is 8.27. The first-order chi connectivity index (χ1) is 10.9. The Labute approximate surface area is 133 Å². The fourth-order valence-corrected chi connectivity index (χ4v) is 2.96. The zero-order chi connectivity index (χ0) is 15.2. The van der Waals surface area contributed by atoms with Crippen LogP contribution in [0.4, 0.5) is 0 Å². The van der Waals surface area contributed by atoms with Crippen LogP contribution in [0.2, 0.25) is 0 Å². The fourth-order valence-electron chi connectivity index (χ4n) is 2.96. The van der Waals surface area contributed by atoms with Gasteiger partial charge in [0.05, 0.1) is 5.71 Å². The van der Waals surface area contributed by atoms with E-state index in [1.54, 1.807) is 0 Å². The molecule has 0 spiro atoms. The van der Waals surface area contributed by atoms with E-state index in [0.29, 0.717) is 0 Å². The summed E-state index contributed by atoms with van der Waals surface area (Å²) in [6.07, 6.45) is 6.85. The molecule has 0 heterocycles. The summed E-state index contributed by atoms with van der Waals surface area (Å²) in [6, 6.07) is 19.3. The quantitative estimate of drug-likeness (QED) is 0.677. The van der Waals surface area contributed by atoms with Crippen molar-refractivity contribution in [2.24, 2.45) is 4.99 Å². The molecule has 0 bridgehead atoms. The predicted octanol–water partition coefficient (Wildman–Crippen LogP) is 5.31. The lowest BCUT2D eigenvalue weighted by molar-refractivity contribution is 0.805. The molecule has 0 saturated heterocycles. The summed E-state index contributed by atoms with van der Waals surface area (Å²) in [5, 5.41) is 0. The molecule has 3 rings (SSSR count). The number of aliphatic imine (C=N–C) groups is 1. The van der Waals surface area contributed by atoms with E-state index in [2.05, 4.69) is 67.6 Å². The Morgan fingerprint density at radius 3 is 2.55 bits per heavy atom. The molecule has 1 aliphatic rings. The van der Waals surface area contributed by atoms with E-state index < -0.39 is 0 Å². The average molecular weight is 289 g/mol. The van der Waals surface area contributed by atoms with E-state index >= 15 is 0 Å². The molecule has 1 aliphatic carbocycles. The fraction of sp³-hybridized carbons (Fsp3) is 0.286. The lowest BCUT2D eigenvalue weighted by Crippen LogP contribution is -2.15. The van der Waals surface area contributed by atoms with Gasteiger partial charge in [-0.05, 0) is 42.0 Å². The second-order valence-electron chi connectivity index (χ2n) is 5.82. The number of aryl methyl sites for hydroxylation is 1. The largest absolute Gasteiger partial charge is 0.284 e. The van der Waals surface area contributed by atoms with E-state index in [4.69, 9.17) is 4.99 Å². The Morgan fingerprint density at radius 2 is 1.73 bits per heavy atom. The summed E-state index contributed by atoms with van der Waals surface area (Å²) < 4.78 is 0. The van der Waals surface area contributed by atoms with Gasteiger partial charge in [0.15, 0.2) is 0 Å². The smallest absolute Gasteiger partial charge is 0.0681 e. The first kappa shape index (κ1) is 14.8. The Hall–Kier alpha value is -2.15. The van der Waals surface area contributed by atoms with Crippen LogP contribution < -0.4 is 0 Å². The molecular weight excluding hydrogens is 266 g/mol. The van der Waals surface area contributed by atoms with Gasteiger partial charge in [-0.25, -0.2) is 0 Å². The molecule has 0 amide bonds. The van der Waals surface area contributed by atoms with Crippen molar-refractivity contribution >= 4 is 11.8 Å². The first-order valence-electron chi connectivity index (χ1n) is 8.27. The number of benzene rings is 2. The summed E-state index contributed by atoms with van der Waals surface area (Å²) in [5.74, 6) is 0. The number of rotatable bonds is 4. The minimum absolute atomic E-state index is 0.923. The summed E-state index contributed by atoms with van der Waals surface area (Å²) in [5.41, 5.74) is 6.61. The molecule has 2 aromatic carbocycles. The predicted molar refractivity (Wildman–Crippen MR) is 95.5 cm³/mol. The molecule has 0 aliphatic heterocycles. The Morgan fingerprint density at radius 1 is 0.955 bits per heavy atom. The van der Waals surface area contributed by atoms with Crippen molar-refractivity contribution in [3.05, 3.63) is 76.9 Å². The van der Waals surface area contributed by atoms with Gasteiger partial charge in [0.1, 0.15) is 0 Å². The Bertz CT molecular complexity index is 680. The Balaban J connectivity index is 1.99. The molecule has 112 valence electrons. The van der Waals surface area contributed by atoms with Crippen LogP contribution in [0.25, 0.3) is 6.08 Å². The molecule has 0 aromatic heterocycles. The van der Waals surface area contributed by atoms with Crippen LogP contribution in [0.5, 0.6) is 0 Å². The van der Waals surface area contributed by atoms with Crippen molar-refractivity contribution in [1.29, 1.82) is 0 Å². The van der Waals surface area contributed by atoms with Gasteiger partial charge in [-0.3, -0.25) is 4.99 Å². The molecule has 0 radical (unpaired) electrons. The van der Waals surface area contributed by atoms with Crippen LogP contribution in [-0.2, 0) is 6.42 Å². The minimum atomic E-state index is 0.923. The van der Waals surface area contributed by atoms with Crippen molar-refractivity contribution < 1.29 is 0 Å². The maximum absolute atomic E-state index is 4.94. The van der Waals surface area contributed by atoms with Gasteiger partial charge in [-0.15, -0.1) is 0 Å². The number of hydrogen-bond acceptors (Lipinski definition) is 1. The Kier molecular flexibility index (Phi) is 4.85. The maximum Gasteiger partial charge on any atom is 0.0681 e. The zero-order valence-electron chi connectivity index (χ0n) is 13.3. The third-order valence-corrected chi connectivity index (χ3v) is 4.16. The number of fused-ring (bicyclic) bond motifs is 1. The van der Waals surface area contributed by atoms with Gasteiger partial charge in [0.25, 0.3) is 0 Å². The van der Waals surface area contributed by atoms with Crippen LogP contribution in [0, 0.1) is 0 Å². The third kappa shape index (κ3) is 3.36. The monoisotopic (exact) mass is 289 g/mol. The molecule has 2 aromatic rings.